The molecule has 1 aromatic carbocycles. The van der Waals surface area contributed by atoms with Crippen LogP contribution in [0.3, 0.4) is 0 Å². The average Bonchev–Trinajstić information content (AvgIpc) is 3.34. The maximum atomic E-state index is 8.82. The number of H-pyrrole nitrogens is 1. The quantitative estimate of drug-likeness (QED) is 0.611. The standard InChI is InChI=1S/C21H23N7O/c1-12-5-17(19(6-13(12)2)29-16-4-3-14(23)7-16)18-8-20(28-27-18)26-21-11-24-15(9-22)10-25-21/h5-6,8,10-11,14,16H,3-4,7,23H2,1-2H3,(H2,25,26,27,28)/t14-,16-/m1/s1. The highest BCUT2D eigenvalue weighted by atomic mass is 16.5. The minimum absolute atomic E-state index is 0.139. The lowest BCUT2D eigenvalue weighted by Crippen LogP contribution is -2.19. The van der Waals surface area contributed by atoms with Crippen LogP contribution in [0.5, 0.6) is 5.75 Å². The summed E-state index contributed by atoms with van der Waals surface area (Å²) in [5, 5.41) is 19.3. The van der Waals surface area contributed by atoms with Crippen molar-refractivity contribution >= 4 is 11.6 Å². The lowest BCUT2D eigenvalue weighted by Gasteiger charge is -2.18. The van der Waals surface area contributed by atoms with Gasteiger partial charge in [0.2, 0.25) is 0 Å². The number of aromatic nitrogens is 4. The van der Waals surface area contributed by atoms with Crippen LogP contribution in [-0.4, -0.2) is 32.3 Å². The van der Waals surface area contributed by atoms with Gasteiger partial charge in [0.05, 0.1) is 18.1 Å². The number of nitrogens with zero attached hydrogens (tertiary/aromatic N) is 4. The number of aryl methyl sites for hydroxylation is 2. The van der Waals surface area contributed by atoms with Gasteiger partial charge >= 0.3 is 0 Å². The fourth-order valence-electron chi connectivity index (χ4n) is 3.46. The van der Waals surface area contributed by atoms with Crippen molar-refractivity contribution in [3.63, 3.8) is 0 Å². The molecule has 29 heavy (non-hydrogen) atoms. The van der Waals surface area contributed by atoms with Gasteiger partial charge in [-0.3, -0.25) is 5.10 Å². The molecule has 148 valence electrons. The number of nitrogens with one attached hydrogen (secondary N) is 2. The Bertz CT molecular complexity index is 1050. The molecule has 2 aromatic heterocycles. The van der Waals surface area contributed by atoms with E-state index in [9.17, 15) is 0 Å². The van der Waals surface area contributed by atoms with Crippen molar-refractivity contribution in [2.45, 2.75) is 45.3 Å². The fraction of sp³-hybridized carbons (Fsp3) is 0.333. The maximum absolute atomic E-state index is 8.82. The van der Waals surface area contributed by atoms with Gasteiger partial charge in [0.15, 0.2) is 11.5 Å². The predicted molar refractivity (Wildman–Crippen MR) is 110 cm³/mol. The number of ether oxygens (including phenoxy) is 1. The second-order valence-corrected chi connectivity index (χ2v) is 7.44. The molecule has 1 saturated carbocycles. The second kappa shape index (κ2) is 7.89. The molecule has 0 unspecified atom stereocenters. The minimum atomic E-state index is 0.139. The monoisotopic (exact) mass is 389 g/mol. The SMILES string of the molecule is Cc1cc(O[C@@H]2CC[C@@H](N)C2)c(-c2cc(Nc3cnc(C#N)cn3)n[nH]2)cc1C. The van der Waals surface area contributed by atoms with Crippen LogP contribution in [0.1, 0.15) is 36.1 Å². The van der Waals surface area contributed by atoms with Crippen molar-refractivity contribution in [3.05, 3.63) is 47.4 Å². The zero-order valence-electron chi connectivity index (χ0n) is 16.4. The molecule has 4 N–H and O–H groups in total. The molecule has 0 saturated heterocycles. The van der Waals surface area contributed by atoms with E-state index in [-0.39, 0.29) is 17.8 Å². The van der Waals surface area contributed by atoms with E-state index >= 15 is 0 Å². The van der Waals surface area contributed by atoms with Gasteiger partial charge in [-0.1, -0.05) is 0 Å². The number of rotatable bonds is 5. The number of anilines is 2. The summed E-state index contributed by atoms with van der Waals surface area (Å²) in [7, 11) is 0. The van der Waals surface area contributed by atoms with Crippen LogP contribution in [0.4, 0.5) is 11.6 Å². The van der Waals surface area contributed by atoms with Crippen LogP contribution in [0.2, 0.25) is 0 Å². The maximum Gasteiger partial charge on any atom is 0.158 e. The Morgan fingerprint density at radius 2 is 1.97 bits per heavy atom. The molecule has 2 heterocycles. The Balaban J connectivity index is 1.59. The number of benzene rings is 1. The van der Waals surface area contributed by atoms with Crippen LogP contribution < -0.4 is 15.8 Å². The summed E-state index contributed by atoms with van der Waals surface area (Å²) in [4.78, 5) is 8.16. The number of hydrogen-bond acceptors (Lipinski definition) is 7. The highest BCUT2D eigenvalue weighted by Crippen LogP contribution is 2.35. The molecule has 8 nitrogen and oxygen atoms in total. The van der Waals surface area contributed by atoms with Crippen molar-refractivity contribution < 1.29 is 4.74 Å². The van der Waals surface area contributed by atoms with E-state index in [1.54, 1.807) is 0 Å². The lowest BCUT2D eigenvalue weighted by atomic mass is 10.0. The Morgan fingerprint density at radius 1 is 1.14 bits per heavy atom. The number of hydrogen-bond donors (Lipinski definition) is 3. The average molecular weight is 389 g/mol. The normalized spacial score (nSPS) is 18.4. The highest BCUT2D eigenvalue weighted by molar-refractivity contribution is 5.72. The van der Waals surface area contributed by atoms with E-state index in [0.29, 0.717) is 11.6 Å². The van der Waals surface area contributed by atoms with Gasteiger partial charge in [-0.2, -0.15) is 10.4 Å². The molecule has 0 bridgehead atoms. The zero-order valence-corrected chi connectivity index (χ0v) is 16.4. The van der Waals surface area contributed by atoms with Crippen LogP contribution >= 0.6 is 0 Å². The molecule has 4 rings (SSSR count). The Morgan fingerprint density at radius 3 is 2.66 bits per heavy atom. The summed E-state index contributed by atoms with van der Waals surface area (Å²) in [5.41, 5.74) is 10.5. The molecule has 0 aliphatic heterocycles. The molecular formula is C21H23N7O. The van der Waals surface area contributed by atoms with Gasteiger partial charge in [0.1, 0.15) is 23.7 Å². The first-order chi connectivity index (χ1) is 14.0. The summed E-state index contributed by atoms with van der Waals surface area (Å²) in [6.07, 6.45) is 5.90. The van der Waals surface area contributed by atoms with E-state index in [4.69, 9.17) is 15.7 Å². The van der Waals surface area contributed by atoms with Gasteiger partial charge in [-0.05, 0) is 56.4 Å². The molecule has 1 fully saturated rings. The van der Waals surface area contributed by atoms with Crippen LogP contribution in [0.15, 0.2) is 30.6 Å². The van der Waals surface area contributed by atoms with E-state index in [1.165, 1.54) is 23.5 Å². The minimum Gasteiger partial charge on any atom is -0.490 e. The fourth-order valence-corrected chi connectivity index (χ4v) is 3.46. The molecule has 1 aliphatic carbocycles. The Labute approximate surface area is 169 Å². The lowest BCUT2D eigenvalue weighted by molar-refractivity contribution is 0.209. The predicted octanol–water partition coefficient (Wildman–Crippen LogP) is 3.36. The Hall–Kier alpha value is -3.44. The smallest absolute Gasteiger partial charge is 0.158 e. The zero-order chi connectivity index (χ0) is 20.4. The molecule has 1 aliphatic rings. The first-order valence-electron chi connectivity index (χ1n) is 9.60. The van der Waals surface area contributed by atoms with E-state index in [0.717, 1.165) is 36.3 Å². The number of nitrogens with two attached hydrogens (primary N) is 1. The van der Waals surface area contributed by atoms with Crippen molar-refractivity contribution in [1.82, 2.24) is 20.2 Å². The van der Waals surface area contributed by atoms with Gasteiger partial charge < -0.3 is 15.8 Å². The third kappa shape index (κ3) is 4.20. The third-order valence-corrected chi connectivity index (χ3v) is 5.21. The topological polar surface area (TPSA) is 126 Å². The van der Waals surface area contributed by atoms with Gasteiger partial charge in [0, 0.05) is 17.7 Å². The summed E-state index contributed by atoms with van der Waals surface area (Å²) in [6.45, 7) is 4.16. The molecular weight excluding hydrogens is 366 g/mol. The number of nitriles is 1. The molecule has 0 amide bonds. The third-order valence-electron chi connectivity index (χ3n) is 5.21. The molecule has 3 aromatic rings. The summed E-state index contributed by atoms with van der Waals surface area (Å²) in [6, 6.07) is 8.25. The first-order valence-corrected chi connectivity index (χ1v) is 9.60. The van der Waals surface area contributed by atoms with Gasteiger partial charge in [-0.25, -0.2) is 9.97 Å². The largest absolute Gasteiger partial charge is 0.490 e. The second-order valence-electron chi connectivity index (χ2n) is 7.44. The van der Waals surface area contributed by atoms with Crippen LogP contribution in [0, 0.1) is 25.2 Å². The molecule has 0 spiro atoms. The highest BCUT2D eigenvalue weighted by Gasteiger charge is 2.24. The summed E-state index contributed by atoms with van der Waals surface area (Å²) >= 11 is 0. The number of aromatic amines is 1. The molecule has 8 heteroatoms. The van der Waals surface area contributed by atoms with Crippen LogP contribution in [0.25, 0.3) is 11.3 Å². The van der Waals surface area contributed by atoms with Crippen molar-refractivity contribution in [1.29, 1.82) is 5.26 Å². The van der Waals surface area contributed by atoms with Gasteiger partial charge in [-0.15, -0.1) is 0 Å². The van der Waals surface area contributed by atoms with E-state index < -0.39 is 0 Å². The van der Waals surface area contributed by atoms with Crippen molar-refractivity contribution in [2.75, 3.05) is 5.32 Å². The first kappa shape index (κ1) is 18.9. The molecule has 0 radical (unpaired) electrons. The van der Waals surface area contributed by atoms with E-state index in [1.807, 2.05) is 12.1 Å². The van der Waals surface area contributed by atoms with Crippen molar-refractivity contribution in [3.8, 4) is 23.1 Å². The molecule has 2 atom stereocenters. The summed E-state index contributed by atoms with van der Waals surface area (Å²) < 4.78 is 6.32. The summed E-state index contributed by atoms with van der Waals surface area (Å²) in [5.74, 6) is 1.95. The van der Waals surface area contributed by atoms with E-state index in [2.05, 4.69) is 51.5 Å². The van der Waals surface area contributed by atoms with Gasteiger partial charge in [0.25, 0.3) is 0 Å². The Kier molecular flexibility index (Phi) is 5.14. The van der Waals surface area contributed by atoms with Crippen molar-refractivity contribution in [2.24, 2.45) is 5.73 Å². The van der Waals surface area contributed by atoms with Crippen LogP contribution in [-0.2, 0) is 0 Å².